The highest BCUT2D eigenvalue weighted by Gasteiger charge is 2.24. The lowest BCUT2D eigenvalue weighted by Gasteiger charge is -2.11. The molecule has 9 heteroatoms. The number of para-hydroxylation sites is 1. The Morgan fingerprint density at radius 3 is 2.67 bits per heavy atom. The van der Waals surface area contributed by atoms with Crippen LogP contribution in [0.15, 0.2) is 52.2 Å². The van der Waals surface area contributed by atoms with Crippen LogP contribution in [0, 0.1) is 0 Å². The lowest BCUT2D eigenvalue weighted by molar-refractivity contribution is 0.281. The van der Waals surface area contributed by atoms with Crippen molar-refractivity contribution >= 4 is 20.0 Å². The van der Waals surface area contributed by atoms with Crippen LogP contribution in [0.3, 0.4) is 0 Å². The van der Waals surface area contributed by atoms with Crippen LogP contribution in [0.2, 0.25) is 0 Å². The molecular weight excluding hydrogens is 351 g/mol. The summed E-state index contributed by atoms with van der Waals surface area (Å²) in [6.45, 7) is 0.669. The van der Waals surface area contributed by atoms with Crippen molar-refractivity contribution in [3.8, 4) is 5.75 Å². The second kappa shape index (κ2) is 9.42. The minimum Gasteiger partial charge on any atom is -0.301 e. The highest BCUT2D eigenvalue weighted by Crippen LogP contribution is 2.29. The van der Waals surface area contributed by atoms with Gasteiger partial charge in [0.15, 0.2) is 5.75 Å². The standard InChI is InChI=1S/C15H17N2O5PS/c1-24-13(7-9-17-10-8-14(18)16-15(17)19)11-21-23(20)22-12-5-3-2-4-6-12/h2-6,8,10,13H,7,9,11H2,1H3/p+1. The Kier molecular flexibility index (Phi) is 7.24. The average Bonchev–Trinajstić information content (AvgIpc) is 2.57. The van der Waals surface area contributed by atoms with Crippen molar-refractivity contribution in [3.05, 3.63) is 63.4 Å². The number of nitrogens with one attached hydrogen (secondary N) is 1. The van der Waals surface area contributed by atoms with Crippen LogP contribution in [0.25, 0.3) is 0 Å². The third-order valence-electron chi connectivity index (χ3n) is 3.21. The van der Waals surface area contributed by atoms with E-state index in [0.29, 0.717) is 18.7 Å². The van der Waals surface area contributed by atoms with Gasteiger partial charge in [0.1, 0.15) is 6.61 Å². The monoisotopic (exact) mass is 369 g/mol. The third kappa shape index (κ3) is 5.96. The zero-order chi connectivity index (χ0) is 17.4. The predicted molar refractivity (Wildman–Crippen MR) is 93.9 cm³/mol. The van der Waals surface area contributed by atoms with Crippen LogP contribution in [-0.4, -0.2) is 27.7 Å². The van der Waals surface area contributed by atoms with Crippen molar-refractivity contribution in [2.75, 3.05) is 12.9 Å². The van der Waals surface area contributed by atoms with Crippen molar-refractivity contribution < 1.29 is 13.6 Å². The average molecular weight is 369 g/mol. The smallest absolute Gasteiger partial charge is 0.301 e. The van der Waals surface area contributed by atoms with E-state index in [4.69, 9.17) is 9.05 Å². The Balaban J connectivity index is 1.80. The molecule has 0 bridgehead atoms. The fraction of sp³-hybridized carbons (Fsp3) is 0.333. The van der Waals surface area contributed by atoms with Gasteiger partial charge in [-0.1, -0.05) is 18.2 Å². The molecule has 0 radical (unpaired) electrons. The SMILES string of the molecule is CSC(CCn1ccc(=O)[nH]c1=O)CO[P+](=O)Oc1ccccc1. The molecule has 0 amide bonds. The van der Waals surface area contributed by atoms with Gasteiger partial charge in [-0.2, -0.15) is 11.8 Å². The van der Waals surface area contributed by atoms with Crippen molar-refractivity contribution in [1.29, 1.82) is 0 Å². The molecule has 2 unspecified atom stereocenters. The molecular formula is C15H18N2O5PS+. The van der Waals surface area contributed by atoms with E-state index in [1.807, 2.05) is 12.3 Å². The zero-order valence-electron chi connectivity index (χ0n) is 13.1. The first-order valence-corrected chi connectivity index (χ1v) is 9.62. The quantitative estimate of drug-likeness (QED) is 0.683. The number of H-pyrrole nitrogens is 1. The molecule has 1 aromatic carbocycles. The van der Waals surface area contributed by atoms with E-state index < -0.39 is 19.5 Å². The molecule has 2 aromatic rings. The van der Waals surface area contributed by atoms with E-state index in [9.17, 15) is 14.2 Å². The topological polar surface area (TPSA) is 90.4 Å². The van der Waals surface area contributed by atoms with E-state index >= 15 is 0 Å². The summed E-state index contributed by atoms with van der Waals surface area (Å²) >= 11 is 1.55. The Bertz CT molecular complexity index is 777. The van der Waals surface area contributed by atoms with Gasteiger partial charge < -0.3 is 4.57 Å². The Labute approximate surface area is 144 Å². The number of aromatic amines is 1. The Hall–Kier alpha value is -1.89. The second-order valence-corrected chi connectivity index (χ2v) is 6.90. The van der Waals surface area contributed by atoms with Crippen LogP contribution >= 0.6 is 20.0 Å². The molecule has 1 heterocycles. The summed E-state index contributed by atoms with van der Waals surface area (Å²) in [6, 6.07) is 10.1. The molecule has 0 aliphatic heterocycles. The van der Waals surface area contributed by atoms with Gasteiger partial charge in [-0.3, -0.25) is 9.78 Å². The molecule has 1 aromatic heterocycles. The summed E-state index contributed by atoms with van der Waals surface area (Å²) in [7, 11) is -2.25. The lowest BCUT2D eigenvalue weighted by Crippen LogP contribution is -2.29. The summed E-state index contributed by atoms with van der Waals surface area (Å²) in [4.78, 5) is 24.8. The summed E-state index contributed by atoms with van der Waals surface area (Å²) in [5, 5.41) is 0.0437. The van der Waals surface area contributed by atoms with Crippen LogP contribution in [0.5, 0.6) is 5.75 Å². The molecule has 0 saturated heterocycles. The number of nitrogens with zero attached hydrogens (tertiary/aromatic N) is 1. The number of aromatic nitrogens is 2. The summed E-state index contributed by atoms with van der Waals surface area (Å²) < 4.78 is 23.7. The first-order valence-electron chi connectivity index (χ1n) is 7.24. The largest absolute Gasteiger partial charge is 0.750 e. The highest BCUT2D eigenvalue weighted by atomic mass is 32.2. The Morgan fingerprint density at radius 2 is 2.00 bits per heavy atom. The van der Waals surface area contributed by atoms with E-state index in [-0.39, 0.29) is 11.9 Å². The van der Waals surface area contributed by atoms with E-state index in [1.165, 1.54) is 16.8 Å². The minimum absolute atomic E-state index is 0.0437. The van der Waals surface area contributed by atoms with Gasteiger partial charge in [0, 0.05) is 28.6 Å². The van der Waals surface area contributed by atoms with Crippen LogP contribution in [0.4, 0.5) is 0 Å². The van der Waals surface area contributed by atoms with E-state index in [2.05, 4.69) is 4.98 Å². The third-order valence-corrected chi connectivity index (χ3v) is 4.97. The Morgan fingerprint density at radius 1 is 1.25 bits per heavy atom. The molecule has 24 heavy (non-hydrogen) atoms. The highest BCUT2D eigenvalue weighted by molar-refractivity contribution is 7.99. The van der Waals surface area contributed by atoms with Crippen molar-refractivity contribution in [2.45, 2.75) is 18.2 Å². The fourth-order valence-electron chi connectivity index (χ4n) is 1.91. The number of aryl methyl sites for hydroxylation is 1. The molecule has 0 fully saturated rings. The van der Waals surface area contributed by atoms with Gasteiger partial charge in [0.25, 0.3) is 5.56 Å². The molecule has 128 valence electrons. The van der Waals surface area contributed by atoms with E-state index in [1.54, 1.807) is 36.0 Å². The number of hydrogen-bond donors (Lipinski definition) is 1. The maximum atomic E-state index is 11.8. The van der Waals surface area contributed by atoms with Gasteiger partial charge in [-0.05, 0) is 24.8 Å². The van der Waals surface area contributed by atoms with E-state index in [0.717, 1.165) is 0 Å². The molecule has 1 N–H and O–H groups in total. The number of rotatable bonds is 9. The second-order valence-electron chi connectivity index (χ2n) is 4.87. The van der Waals surface area contributed by atoms with Gasteiger partial charge in [0.05, 0.1) is 0 Å². The molecule has 0 aliphatic rings. The normalized spacial score (nSPS) is 12.6. The molecule has 0 saturated carbocycles. The van der Waals surface area contributed by atoms with Crippen molar-refractivity contribution in [1.82, 2.24) is 9.55 Å². The first kappa shape index (κ1) is 18.4. The molecule has 2 atom stereocenters. The van der Waals surface area contributed by atoms with Gasteiger partial charge in [0.2, 0.25) is 0 Å². The molecule has 2 rings (SSSR count). The number of benzene rings is 1. The van der Waals surface area contributed by atoms with Gasteiger partial charge >= 0.3 is 13.9 Å². The van der Waals surface area contributed by atoms with Gasteiger partial charge in [-0.25, -0.2) is 9.32 Å². The maximum Gasteiger partial charge on any atom is 0.750 e. The molecule has 0 aliphatic carbocycles. The zero-order valence-corrected chi connectivity index (χ0v) is 14.8. The summed E-state index contributed by atoms with van der Waals surface area (Å²) in [5.41, 5.74) is -0.863. The lowest BCUT2D eigenvalue weighted by atomic mass is 10.3. The first-order chi connectivity index (χ1) is 11.6. The maximum absolute atomic E-state index is 11.8. The minimum atomic E-state index is -2.25. The summed E-state index contributed by atoms with van der Waals surface area (Å²) in [5.74, 6) is 0.485. The predicted octanol–water partition coefficient (Wildman–Crippen LogP) is 2.41. The number of hydrogen-bond acceptors (Lipinski definition) is 6. The van der Waals surface area contributed by atoms with Crippen LogP contribution in [0.1, 0.15) is 6.42 Å². The van der Waals surface area contributed by atoms with Crippen molar-refractivity contribution in [2.24, 2.45) is 0 Å². The van der Waals surface area contributed by atoms with Crippen LogP contribution < -0.4 is 15.8 Å². The molecule has 0 spiro atoms. The molecule has 7 nitrogen and oxygen atoms in total. The fourth-order valence-corrected chi connectivity index (χ4v) is 3.20. The summed E-state index contributed by atoms with van der Waals surface area (Å²) in [6.07, 6.45) is 3.99. The van der Waals surface area contributed by atoms with Gasteiger partial charge in [-0.15, -0.1) is 4.52 Å². The number of thioether (sulfide) groups is 1. The van der Waals surface area contributed by atoms with Crippen molar-refractivity contribution in [3.63, 3.8) is 0 Å². The van der Waals surface area contributed by atoms with Crippen LogP contribution in [-0.2, 0) is 15.6 Å².